The van der Waals surface area contributed by atoms with Crippen LogP contribution in [0.5, 0.6) is 0 Å². The van der Waals surface area contributed by atoms with Gasteiger partial charge in [-0.05, 0) is 0 Å². The van der Waals surface area contributed by atoms with Gasteiger partial charge in [0.1, 0.15) is 0 Å². The molecule has 0 aliphatic rings. The van der Waals surface area contributed by atoms with Gasteiger partial charge >= 0.3 is 0 Å². The van der Waals surface area contributed by atoms with Gasteiger partial charge in [-0.25, -0.2) is 0 Å². The van der Waals surface area contributed by atoms with Crippen molar-refractivity contribution in [2.24, 2.45) is 0 Å². The summed E-state index contributed by atoms with van der Waals surface area (Å²) in [6, 6.07) is 0. The number of rotatable bonds is 1. The summed E-state index contributed by atoms with van der Waals surface area (Å²) in [6.45, 7) is 0. The Bertz CT molecular complexity index is 303. The van der Waals surface area contributed by atoms with Crippen LogP contribution >= 0.6 is 24.0 Å². The normalized spacial score (nSPS) is 8.45. The van der Waals surface area contributed by atoms with Gasteiger partial charge in [0.05, 0.1) is 5.75 Å². The number of carbonyl (C=O) groups excluding carboxylic acids is 1. The Morgan fingerprint density at radius 3 is 3.09 bits per heavy atom. The molecule has 0 saturated carbocycles. The van der Waals surface area contributed by atoms with Gasteiger partial charge in [0, 0.05) is 21.9 Å². The van der Waals surface area contributed by atoms with Gasteiger partial charge in [0.2, 0.25) is 0 Å². The van der Waals surface area contributed by atoms with E-state index in [-0.39, 0.29) is 0 Å². The van der Waals surface area contributed by atoms with E-state index in [2.05, 4.69) is 24.5 Å². The number of hydrogen-bond acceptors (Lipinski definition) is 3. The largest absolute Gasteiger partial charge is 0.298 e. The Morgan fingerprint density at radius 2 is 2.45 bits per heavy atom. The Balaban J connectivity index is 2.93. The van der Waals surface area contributed by atoms with Crippen LogP contribution in [-0.2, 0) is 0 Å². The molecule has 0 N–H and O–H groups in total. The molecule has 0 bridgehead atoms. The van der Waals surface area contributed by atoms with Gasteiger partial charge < -0.3 is 0 Å². The molecule has 11 heavy (non-hydrogen) atoms. The second-order valence-corrected chi connectivity index (χ2v) is 2.88. The van der Waals surface area contributed by atoms with Crippen LogP contribution in [-0.4, -0.2) is 12.0 Å². The number of thiol groups is 1. The lowest BCUT2D eigenvalue weighted by Gasteiger charge is -1.81. The summed E-state index contributed by atoms with van der Waals surface area (Å²) < 4.78 is 0. The van der Waals surface area contributed by atoms with Crippen LogP contribution in [0.4, 0.5) is 0 Å². The second-order valence-electron chi connectivity index (χ2n) is 1.82. The quantitative estimate of drug-likeness (QED) is 0.398. The minimum atomic E-state index is 0.522. The second kappa shape index (κ2) is 4.22. The average molecular weight is 182 g/mol. The molecule has 0 unspecified atom stereocenters. The molecule has 1 aromatic heterocycles. The Morgan fingerprint density at radius 1 is 1.64 bits per heavy atom. The fraction of sp³-hybridized carbons (Fsp3) is 0.125. The first-order chi connectivity index (χ1) is 5.38. The van der Waals surface area contributed by atoms with E-state index >= 15 is 0 Å². The van der Waals surface area contributed by atoms with Crippen molar-refractivity contribution in [1.82, 2.24) is 0 Å². The Labute approximate surface area is 74.8 Å². The van der Waals surface area contributed by atoms with Crippen molar-refractivity contribution in [1.29, 1.82) is 0 Å². The van der Waals surface area contributed by atoms with Gasteiger partial charge in [-0.2, -0.15) is 24.0 Å². The molecule has 0 amide bonds. The summed E-state index contributed by atoms with van der Waals surface area (Å²) in [7, 11) is 0. The minimum Gasteiger partial charge on any atom is -0.298 e. The van der Waals surface area contributed by atoms with Crippen molar-refractivity contribution in [2.45, 2.75) is 0 Å². The van der Waals surface area contributed by atoms with Crippen molar-refractivity contribution in [3.63, 3.8) is 0 Å². The van der Waals surface area contributed by atoms with E-state index in [0.29, 0.717) is 11.3 Å². The third-order valence-electron chi connectivity index (χ3n) is 1.12. The van der Waals surface area contributed by atoms with Crippen LogP contribution in [0, 0.1) is 11.8 Å². The lowest BCUT2D eigenvalue weighted by atomic mass is 10.2. The third-order valence-corrected chi connectivity index (χ3v) is 2.04. The zero-order valence-electron chi connectivity index (χ0n) is 5.70. The molecule has 1 aromatic rings. The number of aldehydes is 1. The molecule has 1 nitrogen and oxygen atoms in total. The first-order valence-corrected chi connectivity index (χ1v) is 4.57. The maximum atomic E-state index is 10.4. The van der Waals surface area contributed by atoms with Crippen LogP contribution in [0.1, 0.15) is 15.9 Å². The summed E-state index contributed by atoms with van der Waals surface area (Å²) in [5.74, 6) is 6.16. The van der Waals surface area contributed by atoms with Crippen molar-refractivity contribution in [3.8, 4) is 11.8 Å². The molecule has 1 heterocycles. The van der Waals surface area contributed by atoms with E-state index in [1.807, 2.05) is 5.38 Å². The summed E-state index contributed by atoms with van der Waals surface area (Å²) >= 11 is 5.42. The summed E-state index contributed by atoms with van der Waals surface area (Å²) in [5.41, 5.74) is 1.48. The number of hydrogen-bond donors (Lipinski definition) is 1. The van der Waals surface area contributed by atoms with E-state index < -0.39 is 0 Å². The first kappa shape index (κ1) is 8.38. The Hall–Kier alpha value is -0.720. The zero-order valence-corrected chi connectivity index (χ0v) is 7.41. The highest BCUT2D eigenvalue weighted by atomic mass is 32.1. The Kier molecular flexibility index (Phi) is 3.21. The molecule has 0 radical (unpaired) electrons. The highest BCUT2D eigenvalue weighted by Crippen LogP contribution is 2.10. The molecule has 0 aliphatic heterocycles. The molecule has 0 aromatic carbocycles. The molecule has 3 heteroatoms. The average Bonchev–Trinajstić information content (AvgIpc) is 2.47. The zero-order chi connectivity index (χ0) is 8.10. The van der Waals surface area contributed by atoms with E-state index in [4.69, 9.17) is 0 Å². The highest BCUT2D eigenvalue weighted by Gasteiger charge is 1.97. The predicted molar refractivity (Wildman–Crippen MR) is 50.4 cm³/mol. The summed E-state index contributed by atoms with van der Waals surface area (Å²) in [5, 5.41) is 3.65. The van der Waals surface area contributed by atoms with Crippen LogP contribution in [0.15, 0.2) is 10.8 Å². The van der Waals surface area contributed by atoms with Gasteiger partial charge in [0.15, 0.2) is 6.29 Å². The third kappa shape index (κ3) is 2.11. The van der Waals surface area contributed by atoms with Crippen LogP contribution < -0.4 is 0 Å². The highest BCUT2D eigenvalue weighted by molar-refractivity contribution is 7.80. The maximum Gasteiger partial charge on any atom is 0.152 e. The lowest BCUT2D eigenvalue weighted by molar-refractivity contribution is 0.112. The topological polar surface area (TPSA) is 17.1 Å². The van der Waals surface area contributed by atoms with Crippen molar-refractivity contribution in [3.05, 3.63) is 21.9 Å². The molecule has 0 spiro atoms. The molecule has 1 rings (SSSR count). The predicted octanol–water partition coefficient (Wildman–Crippen LogP) is 1.84. The molecule has 0 saturated heterocycles. The van der Waals surface area contributed by atoms with Crippen molar-refractivity contribution < 1.29 is 4.79 Å². The molecule has 56 valence electrons. The van der Waals surface area contributed by atoms with Gasteiger partial charge in [-0.15, -0.1) is 0 Å². The fourth-order valence-electron chi connectivity index (χ4n) is 0.635. The molecule has 0 aliphatic carbocycles. The van der Waals surface area contributed by atoms with Crippen LogP contribution in [0.3, 0.4) is 0 Å². The summed E-state index contributed by atoms with van der Waals surface area (Å²) in [4.78, 5) is 10.4. The number of carbonyl (C=O) groups is 1. The standard InChI is InChI=1S/C8H6OS2/c9-4-8-6-11-5-7(8)2-1-3-10/h4-6,10H,3H2. The van der Waals surface area contributed by atoms with Crippen LogP contribution in [0.25, 0.3) is 0 Å². The fourth-order valence-corrected chi connectivity index (χ4v) is 1.44. The smallest absolute Gasteiger partial charge is 0.152 e. The molecular weight excluding hydrogens is 176 g/mol. The van der Waals surface area contributed by atoms with Gasteiger partial charge in [-0.3, -0.25) is 4.79 Å². The van der Waals surface area contributed by atoms with E-state index in [1.165, 1.54) is 11.3 Å². The first-order valence-electron chi connectivity index (χ1n) is 2.99. The van der Waals surface area contributed by atoms with Crippen molar-refractivity contribution in [2.75, 3.05) is 5.75 Å². The maximum absolute atomic E-state index is 10.4. The monoisotopic (exact) mass is 182 g/mol. The van der Waals surface area contributed by atoms with E-state index in [1.54, 1.807) is 5.38 Å². The van der Waals surface area contributed by atoms with Gasteiger partial charge in [0.25, 0.3) is 0 Å². The SMILES string of the molecule is O=Cc1cscc1C#CCS. The lowest BCUT2D eigenvalue weighted by Crippen LogP contribution is -1.78. The molecule has 0 fully saturated rings. The van der Waals surface area contributed by atoms with E-state index in [0.717, 1.165) is 11.8 Å². The van der Waals surface area contributed by atoms with Gasteiger partial charge in [-0.1, -0.05) is 11.8 Å². The van der Waals surface area contributed by atoms with Crippen LogP contribution in [0.2, 0.25) is 0 Å². The number of thiophene rings is 1. The molecule has 0 atom stereocenters. The van der Waals surface area contributed by atoms with E-state index in [9.17, 15) is 4.79 Å². The van der Waals surface area contributed by atoms with Crippen molar-refractivity contribution >= 4 is 30.3 Å². The minimum absolute atomic E-state index is 0.522. The summed E-state index contributed by atoms with van der Waals surface area (Å²) in [6.07, 6.45) is 0.818. The molecular formula is C8H6OS2.